The molecule has 5 heteroatoms. The van der Waals surface area contributed by atoms with Crippen LogP contribution >= 0.6 is 0 Å². The topological polar surface area (TPSA) is 61.8 Å². The molecule has 0 aliphatic carbocycles. The van der Waals surface area contributed by atoms with Crippen molar-refractivity contribution in [3.05, 3.63) is 36.1 Å². The highest BCUT2D eigenvalue weighted by Crippen LogP contribution is 2.12. The molecule has 2 unspecified atom stereocenters. The lowest BCUT2D eigenvalue weighted by atomic mass is 10.1. The van der Waals surface area contributed by atoms with Crippen LogP contribution in [0, 0.1) is 0 Å². The molecule has 1 amide bonds. The number of aliphatic hydroxyl groups is 1. The van der Waals surface area contributed by atoms with E-state index in [1.807, 2.05) is 13.0 Å². The molecular formula is C19H32N2O3. The zero-order valence-electron chi connectivity index (χ0n) is 15.3. The van der Waals surface area contributed by atoms with Crippen LogP contribution in [0.2, 0.25) is 0 Å². The van der Waals surface area contributed by atoms with Gasteiger partial charge in [0.25, 0.3) is 0 Å². The maximum absolute atomic E-state index is 12.0. The van der Waals surface area contributed by atoms with Crippen molar-refractivity contribution in [2.75, 3.05) is 26.2 Å². The summed E-state index contributed by atoms with van der Waals surface area (Å²) in [5.74, 6) is -0.0297. The van der Waals surface area contributed by atoms with Gasteiger partial charge in [-0.25, -0.2) is 0 Å². The summed E-state index contributed by atoms with van der Waals surface area (Å²) in [6, 6.07) is 0. The molecule has 0 saturated carbocycles. The third-order valence-electron chi connectivity index (χ3n) is 3.95. The number of aliphatic hydroxyl groups excluding tert-OH is 1. The van der Waals surface area contributed by atoms with E-state index in [-0.39, 0.29) is 24.7 Å². The monoisotopic (exact) mass is 336 g/mol. The van der Waals surface area contributed by atoms with E-state index < -0.39 is 0 Å². The fourth-order valence-corrected chi connectivity index (χ4v) is 2.81. The smallest absolute Gasteiger partial charge is 0.224 e. The highest BCUT2D eigenvalue weighted by molar-refractivity contribution is 5.78. The molecule has 0 spiro atoms. The van der Waals surface area contributed by atoms with Crippen LogP contribution in [0.5, 0.6) is 0 Å². The number of ether oxygens (including phenoxy) is 1. The van der Waals surface area contributed by atoms with Gasteiger partial charge in [-0.2, -0.15) is 0 Å². The first-order valence-corrected chi connectivity index (χ1v) is 8.74. The first kappa shape index (κ1) is 20.6. The zero-order chi connectivity index (χ0) is 17.9. The average molecular weight is 336 g/mol. The van der Waals surface area contributed by atoms with E-state index in [0.717, 1.165) is 30.9 Å². The molecule has 2 atom stereocenters. The third-order valence-corrected chi connectivity index (χ3v) is 3.95. The van der Waals surface area contributed by atoms with E-state index in [2.05, 4.69) is 36.7 Å². The summed E-state index contributed by atoms with van der Waals surface area (Å²) in [6.07, 6.45) is 7.88. The summed E-state index contributed by atoms with van der Waals surface area (Å²) >= 11 is 0. The predicted octanol–water partition coefficient (Wildman–Crippen LogP) is 2.39. The standard InChI is InChI=1S/C19H32N2O3/c1-5-8-18(20-19(23)9-6-7-12-22)15(2)10-11-21-13-16(3)24-17(4)14-21/h5,8,10,16-17,22H,1,6-7,9,11-14H2,2-4H3,(H,20,23)/b15-10-,18-8+. The summed E-state index contributed by atoms with van der Waals surface area (Å²) in [6.45, 7) is 12.7. The molecule has 5 nitrogen and oxygen atoms in total. The number of amides is 1. The van der Waals surface area contributed by atoms with E-state index in [9.17, 15) is 4.79 Å². The van der Waals surface area contributed by atoms with Gasteiger partial charge in [-0.1, -0.05) is 18.7 Å². The van der Waals surface area contributed by atoms with E-state index in [1.165, 1.54) is 0 Å². The fourth-order valence-electron chi connectivity index (χ4n) is 2.81. The van der Waals surface area contributed by atoms with Gasteiger partial charge in [0.15, 0.2) is 0 Å². The molecule has 1 fully saturated rings. The number of nitrogens with one attached hydrogen (secondary N) is 1. The zero-order valence-corrected chi connectivity index (χ0v) is 15.3. The Morgan fingerprint density at radius 2 is 2.00 bits per heavy atom. The van der Waals surface area contributed by atoms with Crippen molar-refractivity contribution in [2.45, 2.75) is 52.2 Å². The molecule has 0 aromatic heterocycles. The van der Waals surface area contributed by atoms with E-state index >= 15 is 0 Å². The number of unbranched alkanes of at least 4 members (excludes halogenated alkanes) is 1. The van der Waals surface area contributed by atoms with Crippen molar-refractivity contribution < 1.29 is 14.6 Å². The number of carbonyl (C=O) groups excluding carboxylic acids is 1. The molecule has 1 aliphatic rings. The Kier molecular flexibility index (Phi) is 9.60. The summed E-state index contributed by atoms with van der Waals surface area (Å²) in [7, 11) is 0. The SMILES string of the molecule is C=C/C=C(NC(=O)CCCCO)\C(C)=C/CN1CC(C)OC(C)C1. The molecule has 1 rings (SSSR count). The molecule has 1 heterocycles. The molecule has 0 aromatic carbocycles. The van der Waals surface area contributed by atoms with Gasteiger partial charge in [-0.05, 0) is 45.3 Å². The van der Waals surface area contributed by atoms with Crippen molar-refractivity contribution in [1.82, 2.24) is 10.2 Å². The molecule has 0 radical (unpaired) electrons. The number of nitrogens with zero attached hydrogens (tertiary/aromatic N) is 1. The van der Waals surface area contributed by atoms with Gasteiger partial charge in [-0.15, -0.1) is 0 Å². The second-order valence-corrected chi connectivity index (χ2v) is 6.41. The number of allylic oxidation sites excluding steroid dienone is 3. The highest BCUT2D eigenvalue weighted by Gasteiger charge is 2.21. The van der Waals surface area contributed by atoms with Crippen LogP contribution in [0.15, 0.2) is 36.1 Å². The van der Waals surface area contributed by atoms with Crippen LogP contribution in [0.25, 0.3) is 0 Å². The fraction of sp³-hybridized carbons (Fsp3) is 0.632. The average Bonchev–Trinajstić information content (AvgIpc) is 2.51. The first-order valence-electron chi connectivity index (χ1n) is 8.74. The van der Waals surface area contributed by atoms with Crippen LogP contribution in [-0.2, 0) is 9.53 Å². The van der Waals surface area contributed by atoms with Crippen molar-refractivity contribution in [3.63, 3.8) is 0 Å². The van der Waals surface area contributed by atoms with Crippen LogP contribution in [0.3, 0.4) is 0 Å². The number of hydrogen-bond acceptors (Lipinski definition) is 4. The second kappa shape index (κ2) is 11.2. The molecular weight excluding hydrogens is 304 g/mol. The lowest BCUT2D eigenvalue weighted by molar-refractivity contribution is -0.120. The molecule has 1 aliphatic heterocycles. The minimum Gasteiger partial charge on any atom is -0.396 e. The molecule has 1 saturated heterocycles. The Hall–Kier alpha value is -1.43. The largest absolute Gasteiger partial charge is 0.396 e. The Labute approximate surface area is 146 Å². The summed E-state index contributed by atoms with van der Waals surface area (Å²) in [5.41, 5.74) is 1.81. The van der Waals surface area contributed by atoms with Crippen molar-refractivity contribution in [3.8, 4) is 0 Å². The van der Waals surface area contributed by atoms with Gasteiger partial charge in [0.05, 0.1) is 12.2 Å². The van der Waals surface area contributed by atoms with Crippen molar-refractivity contribution >= 4 is 5.91 Å². The summed E-state index contributed by atoms with van der Waals surface area (Å²) in [4.78, 5) is 14.3. The third kappa shape index (κ3) is 7.90. The minimum absolute atomic E-state index is 0.0297. The van der Waals surface area contributed by atoms with Crippen LogP contribution < -0.4 is 5.32 Å². The summed E-state index contributed by atoms with van der Waals surface area (Å²) in [5, 5.41) is 11.7. The summed E-state index contributed by atoms with van der Waals surface area (Å²) < 4.78 is 5.75. The quantitative estimate of drug-likeness (QED) is 0.501. The van der Waals surface area contributed by atoms with Crippen LogP contribution in [0.1, 0.15) is 40.0 Å². The Morgan fingerprint density at radius 3 is 2.58 bits per heavy atom. The van der Waals surface area contributed by atoms with Gasteiger partial charge in [-0.3, -0.25) is 9.69 Å². The molecule has 0 aromatic rings. The number of rotatable bonds is 9. The Morgan fingerprint density at radius 1 is 1.33 bits per heavy atom. The Bertz CT molecular complexity index is 461. The molecule has 24 heavy (non-hydrogen) atoms. The van der Waals surface area contributed by atoms with E-state index in [1.54, 1.807) is 6.08 Å². The molecule has 0 bridgehead atoms. The minimum atomic E-state index is -0.0297. The maximum Gasteiger partial charge on any atom is 0.224 e. The first-order chi connectivity index (χ1) is 11.5. The Balaban J connectivity index is 2.58. The van der Waals surface area contributed by atoms with E-state index in [4.69, 9.17) is 9.84 Å². The van der Waals surface area contributed by atoms with Crippen LogP contribution in [-0.4, -0.2) is 54.4 Å². The van der Waals surface area contributed by atoms with Gasteiger partial charge < -0.3 is 15.2 Å². The number of carbonyl (C=O) groups is 1. The van der Waals surface area contributed by atoms with E-state index in [0.29, 0.717) is 19.3 Å². The maximum atomic E-state index is 12.0. The molecule has 2 N–H and O–H groups in total. The van der Waals surface area contributed by atoms with Gasteiger partial charge in [0, 0.05) is 38.4 Å². The second-order valence-electron chi connectivity index (χ2n) is 6.41. The normalized spacial score (nSPS) is 23.2. The predicted molar refractivity (Wildman–Crippen MR) is 97.6 cm³/mol. The molecule has 136 valence electrons. The van der Waals surface area contributed by atoms with Gasteiger partial charge >= 0.3 is 0 Å². The van der Waals surface area contributed by atoms with Gasteiger partial charge in [0.1, 0.15) is 0 Å². The van der Waals surface area contributed by atoms with Crippen molar-refractivity contribution in [1.29, 1.82) is 0 Å². The van der Waals surface area contributed by atoms with Crippen LogP contribution in [0.4, 0.5) is 0 Å². The van der Waals surface area contributed by atoms with Crippen molar-refractivity contribution in [2.24, 2.45) is 0 Å². The number of morpholine rings is 1. The highest BCUT2D eigenvalue weighted by atomic mass is 16.5. The lowest BCUT2D eigenvalue weighted by Crippen LogP contribution is -2.45. The van der Waals surface area contributed by atoms with Gasteiger partial charge in [0.2, 0.25) is 5.91 Å². The number of hydrogen-bond donors (Lipinski definition) is 2. The lowest BCUT2D eigenvalue weighted by Gasteiger charge is -2.34.